The molecule has 1 aliphatic heterocycles. The van der Waals surface area contributed by atoms with Gasteiger partial charge in [-0.3, -0.25) is 14.5 Å². The van der Waals surface area contributed by atoms with E-state index in [4.69, 9.17) is 0 Å². The average Bonchev–Trinajstić information content (AvgIpc) is 2.81. The highest BCUT2D eigenvalue weighted by Crippen LogP contribution is 2.09. The fraction of sp³-hybridized carbons (Fsp3) is 0.286. The second kappa shape index (κ2) is 9.27. The topological polar surface area (TPSA) is 96.3 Å². The Hall–Kier alpha value is -3.59. The predicted octanol–water partition coefficient (Wildman–Crippen LogP) is 0.575. The van der Waals surface area contributed by atoms with Gasteiger partial charge in [0.05, 0.1) is 5.69 Å². The Morgan fingerprint density at radius 2 is 1.67 bits per heavy atom. The summed E-state index contributed by atoms with van der Waals surface area (Å²) in [6.07, 6.45) is 3.50. The summed E-state index contributed by atoms with van der Waals surface area (Å²) in [7, 11) is 0. The number of piperazine rings is 1. The molecule has 1 aromatic carbocycles. The van der Waals surface area contributed by atoms with Crippen LogP contribution >= 0.6 is 0 Å². The average molecular weight is 405 g/mol. The SMILES string of the molecule is O=C(NCCN1CCN(c2ncccn2)CC1)c1ccc(=O)n(-c2ccccc2)n1. The van der Waals surface area contributed by atoms with E-state index in [-0.39, 0.29) is 17.2 Å². The highest BCUT2D eigenvalue weighted by molar-refractivity contribution is 5.92. The van der Waals surface area contributed by atoms with Gasteiger partial charge in [0.2, 0.25) is 5.95 Å². The van der Waals surface area contributed by atoms with Crippen LogP contribution in [-0.4, -0.2) is 69.8 Å². The molecule has 0 bridgehead atoms. The lowest BCUT2D eigenvalue weighted by molar-refractivity contribution is 0.0941. The summed E-state index contributed by atoms with van der Waals surface area (Å²) in [6.45, 7) is 4.71. The molecule has 9 nitrogen and oxygen atoms in total. The maximum atomic E-state index is 12.5. The van der Waals surface area contributed by atoms with E-state index in [9.17, 15) is 9.59 Å². The van der Waals surface area contributed by atoms with E-state index in [1.807, 2.05) is 24.3 Å². The number of amides is 1. The van der Waals surface area contributed by atoms with Crippen molar-refractivity contribution in [3.63, 3.8) is 0 Å². The van der Waals surface area contributed by atoms with Crippen molar-refractivity contribution in [1.82, 2.24) is 30.0 Å². The minimum Gasteiger partial charge on any atom is -0.349 e. The minimum absolute atomic E-state index is 0.212. The summed E-state index contributed by atoms with van der Waals surface area (Å²) in [5.74, 6) is 0.459. The van der Waals surface area contributed by atoms with E-state index in [0.29, 0.717) is 12.2 Å². The molecule has 30 heavy (non-hydrogen) atoms. The molecule has 0 aliphatic carbocycles. The van der Waals surface area contributed by atoms with Gasteiger partial charge in [-0.2, -0.15) is 9.78 Å². The molecule has 9 heteroatoms. The molecule has 3 heterocycles. The first-order valence-electron chi connectivity index (χ1n) is 9.89. The number of nitrogens with one attached hydrogen (secondary N) is 1. The van der Waals surface area contributed by atoms with Gasteiger partial charge in [-0.15, -0.1) is 0 Å². The maximum absolute atomic E-state index is 12.5. The molecule has 0 spiro atoms. The number of carbonyl (C=O) groups excluding carboxylic acids is 1. The number of hydrogen-bond donors (Lipinski definition) is 1. The van der Waals surface area contributed by atoms with Gasteiger partial charge >= 0.3 is 0 Å². The number of carbonyl (C=O) groups is 1. The van der Waals surface area contributed by atoms with E-state index < -0.39 is 0 Å². The lowest BCUT2D eigenvalue weighted by Gasteiger charge is -2.34. The Balaban J connectivity index is 1.28. The standard InChI is InChI=1S/C21H23N7O2/c29-19-8-7-18(25-28(19)17-5-2-1-3-6-17)20(30)22-11-12-26-13-15-27(16-14-26)21-23-9-4-10-24-21/h1-10H,11-16H2,(H,22,30). The van der Waals surface area contributed by atoms with E-state index >= 15 is 0 Å². The second-order valence-electron chi connectivity index (χ2n) is 6.94. The fourth-order valence-electron chi connectivity index (χ4n) is 3.33. The van der Waals surface area contributed by atoms with E-state index in [0.717, 1.165) is 38.7 Å². The molecule has 1 N–H and O–H groups in total. The first-order chi connectivity index (χ1) is 14.7. The Bertz CT molecular complexity index is 1030. The lowest BCUT2D eigenvalue weighted by atomic mass is 10.3. The Morgan fingerprint density at radius 1 is 0.933 bits per heavy atom. The van der Waals surface area contributed by atoms with Crippen LogP contribution in [0.3, 0.4) is 0 Å². The summed E-state index contributed by atoms with van der Waals surface area (Å²) in [5, 5.41) is 7.10. The number of anilines is 1. The Kier molecular flexibility index (Phi) is 6.09. The van der Waals surface area contributed by atoms with Crippen molar-refractivity contribution >= 4 is 11.9 Å². The van der Waals surface area contributed by atoms with Gasteiger partial charge in [0.1, 0.15) is 5.69 Å². The third kappa shape index (κ3) is 4.69. The molecule has 2 aromatic heterocycles. The van der Waals surface area contributed by atoms with Gasteiger partial charge in [0, 0.05) is 57.7 Å². The summed E-state index contributed by atoms with van der Waals surface area (Å²) in [6, 6.07) is 13.7. The minimum atomic E-state index is -0.295. The van der Waals surface area contributed by atoms with Crippen LogP contribution in [0.5, 0.6) is 0 Å². The number of para-hydroxylation sites is 1. The first kappa shape index (κ1) is 19.7. The summed E-state index contributed by atoms with van der Waals surface area (Å²) >= 11 is 0. The van der Waals surface area contributed by atoms with Gasteiger partial charge in [-0.25, -0.2) is 9.97 Å². The van der Waals surface area contributed by atoms with Crippen molar-refractivity contribution in [2.45, 2.75) is 0 Å². The lowest BCUT2D eigenvalue weighted by Crippen LogP contribution is -2.49. The molecule has 1 aliphatic rings. The van der Waals surface area contributed by atoms with Crippen molar-refractivity contribution in [2.75, 3.05) is 44.2 Å². The maximum Gasteiger partial charge on any atom is 0.271 e. The number of aromatic nitrogens is 4. The van der Waals surface area contributed by atoms with Gasteiger partial charge < -0.3 is 10.2 Å². The van der Waals surface area contributed by atoms with Crippen LogP contribution in [0.2, 0.25) is 0 Å². The van der Waals surface area contributed by atoms with Crippen LogP contribution < -0.4 is 15.8 Å². The number of nitrogens with zero attached hydrogens (tertiary/aromatic N) is 6. The summed E-state index contributed by atoms with van der Waals surface area (Å²) in [5.41, 5.74) is 0.555. The molecule has 4 rings (SSSR count). The van der Waals surface area contributed by atoms with Crippen LogP contribution in [0.25, 0.3) is 5.69 Å². The molecule has 0 radical (unpaired) electrons. The van der Waals surface area contributed by atoms with Crippen LogP contribution in [0.15, 0.2) is 65.7 Å². The zero-order chi connectivity index (χ0) is 20.8. The zero-order valence-corrected chi connectivity index (χ0v) is 16.5. The molecular weight excluding hydrogens is 382 g/mol. The summed E-state index contributed by atoms with van der Waals surface area (Å²) in [4.78, 5) is 37.6. The van der Waals surface area contributed by atoms with Gasteiger partial charge in [0.25, 0.3) is 11.5 Å². The zero-order valence-electron chi connectivity index (χ0n) is 16.5. The van der Waals surface area contributed by atoms with Gasteiger partial charge in [-0.1, -0.05) is 18.2 Å². The van der Waals surface area contributed by atoms with Gasteiger partial charge in [0.15, 0.2) is 0 Å². The molecule has 154 valence electrons. The summed E-state index contributed by atoms with van der Waals surface area (Å²) < 4.78 is 1.24. The Morgan fingerprint density at radius 3 is 2.40 bits per heavy atom. The first-order valence-corrected chi connectivity index (χ1v) is 9.89. The largest absolute Gasteiger partial charge is 0.349 e. The third-order valence-electron chi connectivity index (χ3n) is 4.95. The predicted molar refractivity (Wildman–Crippen MR) is 113 cm³/mol. The monoisotopic (exact) mass is 405 g/mol. The molecular formula is C21H23N7O2. The molecule has 0 saturated carbocycles. The van der Waals surface area contributed by atoms with Crippen molar-refractivity contribution in [3.05, 3.63) is 77.0 Å². The van der Waals surface area contributed by atoms with Crippen molar-refractivity contribution < 1.29 is 4.79 Å². The normalized spacial score (nSPS) is 14.5. The van der Waals surface area contributed by atoms with Crippen molar-refractivity contribution in [3.8, 4) is 5.69 Å². The van der Waals surface area contributed by atoms with Crippen LogP contribution in [0.1, 0.15) is 10.5 Å². The van der Waals surface area contributed by atoms with Crippen molar-refractivity contribution in [1.29, 1.82) is 0 Å². The molecule has 1 fully saturated rings. The van der Waals surface area contributed by atoms with E-state index in [1.54, 1.807) is 24.5 Å². The second-order valence-corrected chi connectivity index (χ2v) is 6.94. The third-order valence-corrected chi connectivity index (χ3v) is 4.95. The number of benzene rings is 1. The Labute approximate surface area is 174 Å². The highest BCUT2D eigenvalue weighted by Gasteiger charge is 2.18. The van der Waals surface area contributed by atoms with Crippen LogP contribution in [0, 0.1) is 0 Å². The molecule has 1 saturated heterocycles. The van der Waals surface area contributed by atoms with Gasteiger partial charge in [-0.05, 0) is 24.3 Å². The quantitative estimate of drug-likeness (QED) is 0.641. The van der Waals surface area contributed by atoms with E-state index in [2.05, 4.69) is 30.2 Å². The molecule has 0 unspecified atom stereocenters. The highest BCUT2D eigenvalue weighted by atomic mass is 16.2. The molecule has 0 atom stereocenters. The molecule has 1 amide bonds. The van der Waals surface area contributed by atoms with Crippen LogP contribution in [-0.2, 0) is 0 Å². The van der Waals surface area contributed by atoms with E-state index in [1.165, 1.54) is 16.8 Å². The van der Waals surface area contributed by atoms with Crippen molar-refractivity contribution in [2.24, 2.45) is 0 Å². The van der Waals surface area contributed by atoms with Crippen LogP contribution in [0.4, 0.5) is 5.95 Å². The smallest absolute Gasteiger partial charge is 0.271 e. The fourth-order valence-corrected chi connectivity index (χ4v) is 3.33. The molecule has 3 aromatic rings. The number of hydrogen-bond acceptors (Lipinski definition) is 7. The number of rotatable bonds is 6.